The van der Waals surface area contributed by atoms with E-state index in [1.54, 1.807) is 42.7 Å². The van der Waals surface area contributed by atoms with Crippen LogP contribution in [0.3, 0.4) is 0 Å². The number of rotatable bonds is 13. The topological polar surface area (TPSA) is 127 Å². The van der Waals surface area contributed by atoms with E-state index in [0.29, 0.717) is 30.5 Å². The Morgan fingerprint density at radius 3 is 2.68 bits per heavy atom. The molecule has 10 heteroatoms. The number of aliphatic hydroxyl groups excluding tert-OH is 1. The molecule has 9 nitrogen and oxygen atoms in total. The van der Waals surface area contributed by atoms with E-state index < -0.39 is 16.1 Å². The molecular formula is C24H29N3O6S. The molecular weight excluding hydrogens is 458 g/mol. The van der Waals surface area contributed by atoms with Crippen LogP contribution in [-0.4, -0.2) is 63.9 Å². The minimum Gasteiger partial charge on any atom is -0.491 e. The highest BCUT2D eigenvalue weighted by Gasteiger charge is 2.16. The second kappa shape index (κ2) is 12.4. The van der Waals surface area contributed by atoms with Crippen molar-refractivity contribution in [3.63, 3.8) is 0 Å². The summed E-state index contributed by atoms with van der Waals surface area (Å²) in [6.07, 6.45) is 3.32. The highest BCUT2D eigenvalue weighted by molar-refractivity contribution is 7.89. The van der Waals surface area contributed by atoms with E-state index in [0.717, 1.165) is 10.9 Å². The lowest BCUT2D eigenvalue weighted by molar-refractivity contribution is -0.140. The zero-order valence-electron chi connectivity index (χ0n) is 18.9. The lowest BCUT2D eigenvalue weighted by atomic mass is 10.1. The van der Waals surface area contributed by atoms with E-state index in [2.05, 4.69) is 19.8 Å². The van der Waals surface area contributed by atoms with Crippen molar-refractivity contribution in [3.8, 4) is 5.75 Å². The van der Waals surface area contributed by atoms with Crippen LogP contribution < -0.4 is 14.8 Å². The number of aliphatic hydroxyl groups is 1. The molecule has 3 N–H and O–H groups in total. The number of ether oxygens (including phenoxy) is 2. The number of nitrogens with zero attached hydrogens (tertiary/aromatic N) is 1. The third kappa shape index (κ3) is 7.49. The smallest absolute Gasteiger partial charge is 0.305 e. The number of pyridine rings is 1. The quantitative estimate of drug-likeness (QED) is 0.245. The second-order valence-corrected chi connectivity index (χ2v) is 9.38. The lowest BCUT2D eigenvalue weighted by Crippen LogP contribution is -2.37. The van der Waals surface area contributed by atoms with Crippen LogP contribution in [0.5, 0.6) is 5.75 Å². The van der Waals surface area contributed by atoms with E-state index in [9.17, 15) is 18.3 Å². The average molecular weight is 488 g/mol. The molecule has 0 aliphatic carbocycles. The molecule has 1 aromatic heterocycles. The zero-order valence-corrected chi connectivity index (χ0v) is 19.8. The van der Waals surface area contributed by atoms with E-state index in [1.807, 2.05) is 18.2 Å². The number of hydrogen-bond donors (Lipinski definition) is 3. The summed E-state index contributed by atoms with van der Waals surface area (Å²) in [6.45, 7) is 0.852. The van der Waals surface area contributed by atoms with Crippen LogP contribution >= 0.6 is 0 Å². The van der Waals surface area contributed by atoms with Gasteiger partial charge in [0.25, 0.3) is 0 Å². The predicted octanol–water partition coefficient (Wildman–Crippen LogP) is 1.65. The third-order valence-electron chi connectivity index (χ3n) is 5.12. The van der Waals surface area contributed by atoms with Gasteiger partial charge in [-0.25, -0.2) is 13.1 Å². The van der Waals surface area contributed by atoms with Crippen LogP contribution in [0.2, 0.25) is 0 Å². The summed E-state index contributed by atoms with van der Waals surface area (Å²) in [4.78, 5) is 15.4. The molecule has 2 aromatic carbocycles. The lowest BCUT2D eigenvalue weighted by Gasteiger charge is -2.14. The highest BCUT2D eigenvalue weighted by Crippen LogP contribution is 2.21. The number of hydrogen-bond acceptors (Lipinski definition) is 8. The molecule has 34 heavy (non-hydrogen) atoms. The summed E-state index contributed by atoms with van der Waals surface area (Å²) in [7, 11) is -2.32. The Hall–Kier alpha value is -3.05. The van der Waals surface area contributed by atoms with Crippen LogP contribution in [0, 0.1) is 0 Å². The van der Waals surface area contributed by atoms with Crippen LogP contribution in [0.1, 0.15) is 12.0 Å². The van der Waals surface area contributed by atoms with Gasteiger partial charge in [-0.05, 0) is 36.2 Å². The number of benzene rings is 2. The van der Waals surface area contributed by atoms with E-state index >= 15 is 0 Å². The highest BCUT2D eigenvalue weighted by atomic mass is 32.2. The number of fused-ring (bicyclic) bond motifs is 1. The van der Waals surface area contributed by atoms with Crippen molar-refractivity contribution in [3.05, 3.63) is 66.5 Å². The number of esters is 1. The van der Waals surface area contributed by atoms with Gasteiger partial charge in [0.1, 0.15) is 18.5 Å². The minimum absolute atomic E-state index is 0.0876. The summed E-state index contributed by atoms with van der Waals surface area (Å²) < 4.78 is 38.1. The van der Waals surface area contributed by atoms with Crippen LogP contribution in [0.25, 0.3) is 10.8 Å². The van der Waals surface area contributed by atoms with Gasteiger partial charge in [-0.15, -0.1) is 0 Å². The molecule has 0 bridgehead atoms. The molecule has 1 unspecified atom stereocenters. The van der Waals surface area contributed by atoms with Crippen molar-refractivity contribution in [2.24, 2.45) is 0 Å². The maximum Gasteiger partial charge on any atom is 0.305 e. The van der Waals surface area contributed by atoms with E-state index in [-0.39, 0.29) is 30.6 Å². The Labute approximate surface area is 199 Å². The standard InChI is InChI=1S/C24H29N3O6S/c1-32-24(29)10-7-18-5-8-21(9-6-18)33-17-20(28)16-26-13-14-27-34(30,31)23-4-2-3-19-15-25-12-11-22(19)23/h2-6,8-9,11-12,15,20,26-28H,7,10,13-14,16-17H2,1H3. The van der Waals surface area contributed by atoms with Crippen molar-refractivity contribution in [1.82, 2.24) is 15.0 Å². The molecule has 0 aliphatic rings. The number of aryl methyl sites for hydroxylation is 1. The van der Waals surface area contributed by atoms with Crippen molar-refractivity contribution < 1.29 is 27.8 Å². The number of carbonyl (C=O) groups is 1. The first kappa shape index (κ1) is 25.6. The summed E-state index contributed by atoms with van der Waals surface area (Å²) in [5.41, 5.74) is 0.989. The average Bonchev–Trinajstić information content (AvgIpc) is 2.86. The fraction of sp³-hybridized carbons (Fsp3) is 0.333. The van der Waals surface area contributed by atoms with Crippen LogP contribution in [-0.2, 0) is 26.0 Å². The third-order valence-corrected chi connectivity index (χ3v) is 6.63. The van der Waals surface area contributed by atoms with Gasteiger partial charge in [-0.2, -0.15) is 0 Å². The maximum atomic E-state index is 12.7. The molecule has 0 spiro atoms. The number of methoxy groups -OCH3 is 1. The Bertz CT molecular complexity index is 1180. The van der Waals surface area contributed by atoms with Gasteiger partial charge in [0.15, 0.2) is 0 Å². The first-order chi connectivity index (χ1) is 16.4. The van der Waals surface area contributed by atoms with Crippen LogP contribution in [0.15, 0.2) is 65.8 Å². The Morgan fingerprint density at radius 1 is 1.12 bits per heavy atom. The Kier molecular flexibility index (Phi) is 9.34. The van der Waals surface area contributed by atoms with Crippen LogP contribution in [0.4, 0.5) is 0 Å². The molecule has 0 saturated heterocycles. The Morgan fingerprint density at radius 2 is 1.91 bits per heavy atom. The van der Waals surface area contributed by atoms with Gasteiger partial charge in [0, 0.05) is 49.2 Å². The van der Waals surface area contributed by atoms with Crippen molar-refractivity contribution in [2.75, 3.05) is 33.4 Å². The van der Waals surface area contributed by atoms with E-state index in [1.165, 1.54) is 7.11 Å². The molecule has 1 atom stereocenters. The van der Waals surface area contributed by atoms with Crippen molar-refractivity contribution in [2.45, 2.75) is 23.8 Å². The van der Waals surface area contributed by atoms with Crippen molar-refractivity contribution >= 4 is 26.8 Å². The maximum absolute atomic E-state index is 12.7. The molecule has 0 aliphatic heterocycles. The first-order valence-corrected chi connectivity index (χ1v) is 12.4. The SMILES string of the molecule is COC(=O)CCc1ccc(OCC(O)CNCCNS(=O)(=O)c2cccc3cnccc23)cc1. The minimum atomic E-state index is -3.68. The van der Waals surface area contributed by atoms with Gasteiger partial charge in [0.05, 0.1) is 12.0 Å². The van der Waals surface area contributed by atoms with Gasteiger partial charge in [-0.3, -0.25) is 9.78 Å². The predicted molar refractivity (Wildman–Crippen MR) is 128 cm³/mol. The molecule has 0 fully saturated rings. The number of carbonyl (C=O) groups excluding carboxylic acids is 1. The summed E-state index contributed by atoms with van der Waals surface area (Å²) in [5, 5.41) is 14.5. The molecule has 0 radical (unpaired) electrons. The molecule has 3 rings (SSSR count). The first-order valence-electron chi connectivity index (χ1n) is 10.9. The molecule has 1 heterocycles. The molecule has 3 aromatic rings. The molecule has 182 valence electrons. The summed E-state index contributed by atoms with van der Waals surface area (Å²) in [5.74, 6) is 0.355. The monoisotopic (exact) mass is 487 g/mol. The van der Waals surface area contributed by atoms with Gasteiger partial charge in [-0.1, -0.05) is 24.3 Å². The summed E-state index contributed by atoms with van der Waals surface area (Å²) in [6, 6.07) is 14.0. The normalized spacial score (nSPS) is 12.4. The van der Waals surface area contributed by atoms with Gasteiger partial charge in [0.2, 0.25) is 10.0 Å². The molecule has 0 saturated carbocycles. The fourth-order valence-electron chi connectivity index (χ4n) is 3.30. The van der Waals surface area contributed by atoms with E-state index in [4.69, 9.17) is 4.74 Å². The zero-order chi connectivity index (χ0) is 24.4. The summed E-state index contributed by atoms with van der Waals surface area (Å²) >= 11 is 0. The fourth-order valence-corrected chi connectivity index (χ4v) is 4.56. The largest absolute Gasteiger partial charge is 0.491 e. The number of sulfonamides is 1. The van der Waals surface area contributed by atoms with Gasteiger partial charge >= 0.3 is 5.97 Å². The van der Waals surface area contributed by atoms with Gasteiger partial charge < -0.3 is 19.9 Å². The Balaban J connectivity index is 1.36. The number of nitrogens with one attached hydrogen (secondary N) is 2. The van der Waals surface area contributed by atoms with Crippen molar-refractivity contribution in [1.29, 1.82) is 0 Å². The second-order valence-electron chi connectivity index (χ2n) is 7.64. The number of aromatic nitrogens is 1. The molecule has 0 amide bonds.